The number of amides is 1. The van der Waals surface area contributed by atoms with Crippen molar-refractivity contribution in [2.75, 3.05) is 13.2 Å². The van der Waals surface area contributed by atoms with Crippen molar-refractivity contribution in [3.05, 3.63) is 0 Å². The average Bonchev–Trinajstić information content (AvgIpc) is 2.86. The highest BCUT2D eigenvalue weighted by Crippen LogP contribution is 2.57. The van der Waals surface area contributed by atoms with E-state index in [0.717, 1.165) is 38.9 Å². The summed E-state index contributed by atoms with van der Waals surface area (Å²) >= 11 is 0. The zero-order valence-corrected chi connectivity index (χ0v) is 12.5. The van der Waals surface area contributed by atoms with Gasteiger partial charge in [-0.2, -0.15) is 0 Å². The summed E-state index contributed by atoms with van der Waals surface area (Å²) in [5, 5.41) is 3.25. The van der Waals surface area contributed by atoms with Crippen LogP contribution in [0.2, 0.25) is 0 Å². The molecule has 4 nitrogen and oxygen atoms in total. The van der Waals surface area contributed by atoms with E-state index in [1.54, 1.807) is 0 Å². The van der Waals surface area contributed by atoms with E-state index in [2.05, 4.69) is 12.2 Å². The molecule has 3 aliphatic rings. The lowest BCUT2D eigenvalue weighted by molar-refractivity contribution is -0.175. The summed E-state index contributed by atoms with van der Waals surface area (Å²) in [4.78, 5) is 12.1. The summed E-state index contributed by atoms with van der Waals surface area (Å²) in [5.41, 5.74) is 0.273. The van der Waals surface area contributed by atoms with Crippen molar-refractivity contribution < 1.29 is 14.3 Å². The van der Waals surface area contributed by atoms with Crippen LogP contribution in [0.15, 0.2) is 0 Å². The minimum Gasteiger partial charge on any atom is -0.378 e. The Morgan fingerprint density at radius 1 is 1.40 bits per heavy atom. The number of hydrogen-bond acceptors (Lipinski definition) is 3. The van der Waals surface area contributed by atoms with Gasteiger partial charge in [0.1, 0.15) is 0 Å². The molecule has 0 bridgehead atoms. The Kier molecular flexibility index (Phi) is 4.32. The van der Waals surface area contributed by atoms with Crippen molar-refractivity contribution in [1.82, 2.24) is 5.32 Å². The van der Waals surface area contributed by atoms with E-state index in [1.165, 1.54) is 19.3 Å². The van der Waals surface area contributed by atoms with Crippen LogP contribution in [0.25, 0.3) is 0 Å². The number of carbonyl (C=O) groups excluding carboxylic acids is 1. The maximum atomic E-state index is 12.1. The first-order chi connectivity index (χ1) is 9.74. The Morgan fingerprint density at radius 3 is 2.85 bits per heavy atom. The summed E-state index contributed by atoms with van der Waals surface area (Å²) in [6.07, 6.45) is 9.16. The molecule has 1 N–H and O–H groups in total. The van der Waals surface area contributed by atoms with E-state index in [1.807, 2.05) is 0 Å². The average molecular weight is 281 g/mol. The summed E-state index contributed by atoms with van der Waals surface area (Å²) in [6.45, 7) is 3.71. The highest BCUT2D eigenvalue weighted by molar-refractivity contribution is 5.76. The molecular formula is C16H27NO3. The van der Waals surface area contributed by atoms with Crippen molar-refractivity contribution in [3.8, 4) is 0 Å². The van der Waals surface area contributed by atoms with Crippen LogP contribution in [-0.4, -0.2) is 37.4 Å². The fraction of sp³-hybridized carbons (Fsp3) is 0.938. The van der Waals surface area contributed by atoms with E-state index in [9.17, 15) is 4.79 Å². The number of ether oxygens (including phenoxy) is 2. The van der Waals surface area contributed by atoms with Gasteiger partial charge in [-0.05, 0) is 45.4 Å². The third-order valence-electron chi connectivity index (χ3n) is 5.49. The highest BCUT2D eigenvalue weighted by Gasteiger charge is 2.59. The standard InChI is InChI=1S/C16H27NO3/c1-2-19-14-11-13(16(14)8-4-9-16)17-15(18)7-6-12-5-3-10-20-12/h12-14H,2-11H2,1H3,(H,17,18)/t12-,13+,14+/m0/s1. The third-order valence-corrected chi connectivity index (χ3v) is 5.49. The quantitative estimate of drug-likeness (QED) is 0.813. The lowest BCUT2D eigenvalue weighted by atomic mass is 9.51. The van der Waals surface area contributed by atoms with Crippen molar-refractivity contribution in [1.29, 1.82) is 0 Å². The molecule has 0 aromatic heterocycles. The number of hydrogen-bond donors (Lipinski definition) is 1. The lowest BCUT2D eigenvalue weighted by Crippen LogP contribution is -2.67. The molecule has 1 saturated heterocycles. The Balaban J connectivity index is 1.42. The van der Waals surface area contributed by atoms with Crippen molar-refractivity contribution in [2.24, 2.45) is 5.41 Å². The van der Waals surface area contributed by atoms with E-state index in [0.29, 0.717) is 24.7 Å². The minimum absolute atomic E-state index is 0.201. The SMILES string of the molecule is CCO[C@@H]1C[C@@H](NC(=O)CC[C@@H]2CCCO2)C12CCC2. The number of rotatable bonds is 6. The van der Waals surface area contributed by atoms with Crippen LogP contribution in [0.3, 0.4) is 0 Å². The van der Waals surface area contributed by atoms with Gasteiger partial charge in [0.05, 0.1) is 12.2 Å². The zero-order valence-electron chi connectivity index (χ0n) is 12.5. The van der Waals surface area contributed by atoms with Gasteiger partial charge in [-0.3, -0.25) is 4.79 Å². The molecule has 0 unspecified atom stereocenters. The normalized spacial score (nSPS) is 34.5. The lowest BCUT2D eigenvalue weighted by Gasteiger charge is -2.61. The Labute approximate surface area is 121 Å². The van der Waals surface area contributed by atoms with Crippen molar-refractivity contribution in [3.63, 3.8) is 0 Å². The zero-order chi connectivity index (χ0) is 14.0. The molecule has 3 atom stereocenters. The molecule has 3 fully saturated rings. The van der Waals surface area contributed by atoms with Gasteiger partial charge in [-0.15, -0.1) is 0 Å². The second kappa shape index (κ2) is 6.02. The molecule has 4 heteroatoms. The van der Waals surface area contributed by atoms with Gasteiger partial charge in [0.15, 0.2) is 0 Å². The summed E-state index contributed by atoms with van der Waals surface area (Å²) in [5.74, 6) is 0.201. The number of carbonyl (C=O) groups is 1. The molecule has 114 valence electrons. The summed E-state index contributed by atoms with van der Waals surface area (Å²) in [7, 11) is 0. The largest absolute Gasteiger partial charge is 0.378 e. The molecule has 0 radical (unpaired) electrons. The van der Waals surface area contributed by atoms with Crippen LogP contribution in [0.5, 0.6) is 0 Å². The molecule has 1 spiro atoms. The van der Waals surface area contributed by atoms with Gasteiger partial charge >= 0.3 is 0 Å². The molecule has 0 aromatic rings. The predicted octanol–water partition coefficient (Wildman–Crippen LogP) is 2.41. The van der Waals surface area contributed by atoms with Crippen LogP contribution < -0.4 is 5.32 Å². The molecule has 1 heterocycles. The molecule has 3 rings (SSSR count). The highest BCUT2D eigenvalue weighted by atomic mass is 16.5. The van der Waals surface area contributed by atoms with E-state index >= 15 is 0 Å². The predicted molar refractivity (Wildman–Crippen MR) is 76.5 cm³/mol. The molecule has 0 aromatic carbocycles. The maximum Gasteiger partial charge on any atom is 0.220 e. The van der Waals surface area contributed by atoms with Crippen LogP contribution in [0.1, 0.15) is 58.3 Å². The Morgan fingerprint density at radius 2 is 2.25 bits per heavy atom. The van der Waals surface area contributed by atoms with Crippen molar-refractivity contribution in [2.45, 2.75) is 76.5 Å². The second-order valence-electron chi connectivity index (χ2n) is 6.56. The van der Waals surface area contributed by atoms with Crippen LogP contribution >= 0.6 is 0 Å². The van der Waals surface area contributed by atoms with Gasteiger partial charge in [0.25, 0.3) is 0 Å². The Hall–Kier alpha value is -0.610. The van der Waals surface area contributed by atoms with E-state index < -0.39 is 0 Å². The Bertz CT molecular complexity index is 348. The topological polar surface area (TPSA) is 47.6 Å². The van der Waals surface area contributed by atoms with Gasteiger partial charge < -0.3 is 14.8 Å². The third kappa shape index (κ3) is 2.60. The van der Waals surface area contributed by atoms with E-state index in [-0.39, 0.29) is 11.3 Å². The molecule has 20 heavy (non-hydrogen) atoms. The van der Waals surface area contributed by atoms with Crippen LogP contribution in [0.4, 0.5) is 0 Å². The second-order valence-corrected chi connectivity index (χ2v) is 6.56. The molecule has 1 amide bonds. The fourth-order valence-corrected chi connectivity index (χ4v) is 4.07. The minimum atomic E-state index is 0.201. The number of nitrogens with one attached hydrogen (secondary N) is 1. The van der Waals surface area contributed by atoms with Gasteiger partial charge in [-0.25, -0.2) is 0 Å². The fourth-order valence-electron chi connectivity index (χ4n) is 4.07. The monoisotopic (exact) mass is 281 g/mol. The van der Waals surface area contributed by atoms with Crippen LogP contribution in [0, 0.1) is 5.41 Å². The summed E-state index contributed by atoms with van der Waals surface area (Å²) in [6, 6.07) is 0.352. The first-order valence-corrected chi connectivity index (χ1v) is 8.27. The van der Waals surface area contributed by atoms with Gasteiger partial charge in [0.2, 0.25) is 5.91 Å². The van der Waals surface area contributed by atoms with Crippen molar-refractivity contribution >= 4 is 5.91 Å². The summed E-state index contributed by atoms with van der Waals surface area (Å²) < 4.78 is 11.4. The van der Waals surface area contributed by atoms with E-state index in [4.69, 9.17) is 9.47 Å². The van der Waals surface area contributed by atoms with Gasteiger partial charge in [-0.1, -0.05) is 6.42 Å². The maximum absolute atomic E-state index is 12.1. The molecule has 2 aliphatic carbocycles. The molecule has 1 aliphatic heterocycles. The smallest absolute Gasteiger partial charge is 0.220 e. The first kappa shape index (κ1) is 14.3. The first-order valence-electron chi connectivity index (χ1n) is 8.27. The van der Waals surface area contributed by atoms with Gasteiger partial charge in [0, 0.05) is 31.1 Å². The van der Waals surface area contributed by atoms with Crippen LogP contribution in [-0.2, 0) is 14.3 Å². The molecular weight excluding hydrogens is 254 g/mol. The molecule has 2 saturated carbocycles.